The van der Waals surface area contributed by atoms with E-state index in [9.17, 15) is 27.1 Å². The summed E-state index contributed by atoms with van der Waals surface area (Å²) in [6.07, 6.45) is 4.14. The molecular weight excluding hydrogens is 610 g/mol. The smallest absolute Gasteiger partial charge is 0.137 e. The Kier molecular flexibility index (Phi) is 8.26. The monoisotopic (exact) mass is 636 g/mol. The maximum Gasteiger partial charge on any atom is 0.137 e. The molecular formula is C33H26F6N6O. The minimum absolute atomic E-state index is 0.00956. The number of aromatic nitrogens is 5. The molecule has 0 radical (unpaired) electrons. The van der Waals surface area contributed by atoms with Crippen molar-refractivity contribution in [1.82, 2.24) is 24.5 Å². The van der Waals surface area contributed by atoms with Crippen LogP contribution < -0.4 is 4.90 Å². The number of benzene rings is 4. The Balaban J connectivity index is 1.39. The lowest BCUT2D eigenvalue weighted by molar-refractivity contribution is -0.0354. The molecule has 0 saturated heterocycles. The van der Waals surface area contributed by atoms with Crippen molar-refractivity contribution in [3.8, 4) is 0 Å². The molecule has 6 aromatic rings. The third-order valence-electron chi connectivity index (χ3n) is 7.86. The molecule has 0 saturated carbocycles. The first-order chi connectivity index (χ1) is 22.0. The molecule has 2 heterocycles. The van der Waals surface area contributed by atoms with Crippen molar-refractivity contribution >= 4 is 16.6 Å². The van der Waals surface area contributed by atoms with E-state index in [1.54, 1.807) is 30.0 Å². The molecule has 4 aromatic carbocycles. The summed E-state index contributed by atoms with van der Waals surface area (Å²) in [5, 5.41) is 21.1. The number of nitrogens with zero attached hydrogens (tertiary/aromatic N) is 6. The first-order valence-electron chi connectivity index (χ1n) is 14.1. The fraction of sp³-hybridized carbons (Fsp3) is 0.182. The average Bonchev–Trinajstić information content (AvgIpc) is 3.65. The number of hydrogen-bond donors (Lipinski definition) is 1. The minimum Gasteiger partial charge on any atom is -0.381 e. The molecule has 0 spiro atoms. The van der Waals surface area contributed by atoms with Crippen LogP contribution in [0.2, 0.25) is 0 Å². The molecule has 6 rings (SSSR count). The van der Waals surface area contributed by atoms with Crippen molar-refractivity contribution in [2.75, 3.05) is 4.90 Å². The lowest BCUT2D eigenvalue weighted by Crippen LogP contribution is -2.41. The van der Waals surface area contributed by atoms with E-state index in [0.29, 0.717) is 33.8 Å². The summed E-state index contributed by atoms with van der Waals surface area (Å²) in [7, 11) is 0. The SMILES string of the molecule is C[C@@H](n1ncc2cc(N(Cc3cc(F)cc(F)c3)Cc3cc(F)cc(F)c3)ccc21)[C@](O)(Cn1cncn1)c1ccc(F)cc1F. The number of rotatable bonds is 10. The van der Waals surface area contributed by atoms with Gasteiger partial charge >= 0.3 is 0 Å². The molecule has 0 bridgehead atoms. The summed E-state index contributed by atoms with van der Waals surface area (Å²) < 4.78 is 87.9. The molecule has 7 nitrogen and oxygen atoms in total. The van der Waals surface area contributed by atoms with E-state index < -0.39 is 46.5 Å². The molecule has 0 aliphatic rings. The maximum atomic E-state index is 15.1. The molecule has 236 valence electrons. The van der Waals surface area contributed by atoms with Gasteiger partial charge in [0.25, 0.3) is 0 Å². The van der Waals surface area contributed by atoms with E-state index in [1.165, 1.54) is 58.5 Å². The lowest BCUT2D eigenvalue weighted by atomic mass is 9.86. The number of hydrogen-bond acceptors (Lipinski definition) is 5. The predicted octanol–water partition coefficient (Wildman–Crippen LogP) is 6.82. The minimum atomic E-state index is -1.97. The number of halogens is 6. The van der Waals surface area contributed by atoms with Crippen LogP contribution >= 0.6 is 0 Å². The van der Waals surface area contributed by atoms with E-state index in [2.05, 4.69) is 15.2 Å². The Morgan fingerprint density at radius 1 is 0.761 bits per heavy atom. The van der Waals surface area contributed by atoms with Gasteiger partial charge in [0.15, 0.2) is 0 Å². The Labute approximate surface area is 259 Å². The van der Waals surface area contributed by atoms with Crippen LogP contribution in [0.15, 0.2) is 91.6 Å². The second-order valence-corrected chi connectivity index (χ2v) is 11.1. The number of aliphatic hydroxyl groups is 1. The second-order valence-electron chi connectivity index (χ2n) is 11.1. The van der Waals surface area contributed by atoms with Gasteiger partial charge in [-0.25, -0.2) is 36.0 Å². The van der Waals surface area contributed by atoms with Crippen molar-refractivity contribution in [2.45, 2.75) is 38.2 Å². The van der Waals surface area contributed by atoms with E-state index in [4.69, 9.17) is 0 Å². The quantitative estimate of drug-likeness (QED) is 0.167. The number of anilines is 1. The molecule has 0 unspecified atom stereocenters. The number of fused-ring (bicyclic) bond motifs is 1. The molecule has 1 N–H and O–H groups in total. The summed E-state index contributed by atoms with van der Waals surface area (Å²) in [5.41, 5.74) is -0.497. The van der Waals surface area contributed by atoms with Gasteiger partial charge in [0.05, 0.1) is 24.3 Å². The van der Waals surface area contributed by atoms with Crippen molar-refractivity contribution < 1.29 is 31.4 Å². The highest BCUT2D eigenvalue weighted by atomic mass is 19.2. The Hall–Kier alpha value is -5.17. The van der Waals surface area contributed by atoms with Gasteiger partial charge in [0, 0.05) is 47.9 Å². The van der Waals surface area contributed by atoms with Crippen LogP contribution in [0.25, 0.3) is 10.9 Å². The average molecular weight is 637 g/mol. The van der Waals surface area contributed by atoms with Crippen molar-refractivity contribution in [3.63, 3.8) is 0 Å². The molecule has 13 heteroatoms. The predicted molar refractivity (Wildman–Crippen MR) is 157 cm³/mol. The highest BCUT2D eigenvalue weighted by molar-refractivity contribution is 5.83. The highest BCUT2D eigenvalue weighted by Crippen LogP contribution is 2.38. The largest absolute Gasteiger partial charge is 0.381 e. The summed E-state index contributed by atoms with van der Waals surface area (Å²) >= 11 is 0. The Bertz CT molecular complexity index is 1920. The Morgan fingerprint density at radius 2 is 1.39 bits per heavy atom. The highest BCUT2D eigenvalue weighted by Gasteiger charge is 2.41. The third-order valence-corrected chi connectivity index (χ3v) is 7.86. The van der Waals surface area contributed by atoms with Crippen LogP contribution in [-0.4, -0.2) is 29.7 Å². The van der Waals surface area contributed by atoms with Crippen LogP contribution in [0.1, 0.15) is 29.7 Å². The van der Waals surface area contributed by atoms with Gasteiger partial charge in [-0.1, -0.05) is 6.07 Å². The van der Waals surface area contributed by atoms with Crippen molar-refractivity contribution in [1.29, 1.82) is 0 Å². The topological polar surface area (TPSA) is 72.0 Å². The summed E-state index contributed by atoms with van der Waals surface area (Å²) in [5.74, 6) is -4.84. The first-order valence-corrected chi connectivity index (χ1v) is 14.1. The van der Waals surface area contributed by atoms with Gasteiger partial charge in [-0.15, -0.1) is 0 Å². The fourth-order valence-electron chi connectivity index (χ4n) is 5.68. The molecule has 46 heavy (non-hydrogen) atoms. The molecule has 0 amide bonds. The van der Waals surface area contributed by atoms with Crippen LogP contribution in [0.4, 0.5) is 32.0 Å². The standard InChI is InChI=1S/C33H26F6N6O/c1-20(33(46,17-44-19-40-18-42-44)30-4-2-24(34)13-31(30)39)45-32-5-3-29(10-23(32)14-41-45)43(15-21-6-25(35)11-26(36)7-21)16-22-8-27(37)12-28(38)9-22/h2-14,18-20,46H,15-17H2,1H3/t20-,33-/m1/s1. The summed E-state index contributed by atoms with van der Waals surface area (Å²) in [6.45, 7) is 1.37. The summed E-state index contributed by atoms with van der Waals surface area (Å²) in [4.78, 5) is 5.58. The van der Waals surface area contributed by atoms with Gasteiger partial charge in [-0.3, -0.25) is 4.68 Å². The summed E-state index contributed by atoms with van der Waals surface area (Å²) in [6, 6.07) is 13.3. The van der Waals surface area contributed by atoms with E-state index in [1.807, 2.05) is 0 Å². The van der Waals surface area contributed by atoms with E-state index in [-0.39, 0.29) is 25.2 Å². The van der Waals surface area contributed by atoms with Crippen LogP contribution in [0.5, 0.6) is 0 Å². The fourth-order valence-corrected chi connectivity index (χ4v) is 5.68. The van der Waals surface area contributed by atoms with Gasteiger partial charge in [-0.05, 0) is 66.6 Å². The maximum absolute atomic E-state index is 15.1. The molecule has 0 aliphatic carbocycles. The Morgan fingerprint density at radius 3 is 1.96 bits per heavy atom. The second kappa shape index (κ2) is 12.3. The normalized spacial score (nSPS) is 13.6. The lowest BCUT2D eigenvalue weighted by Gasteiger charge is -2.35. The zero-order valence-electron chi connectivity index (χ0n) is 24.3. The van der Waals surface area contributed by atoms with Crippen LogP contribution in [0, 0.1) is 34.9 Å². The zero-order valence-corrected chi connectivity index (χ0v) is 24.3. The van der Waals surface area contributed by atoms with E-state index >= 15 is 4.39 Å². The van der Waals surface area contributed by atoms with Crippen LogP contribution in [-0.2, 0) is 25.2 Å². The van der Waals surface area contributed by atoms with E-state index in [0.717, 1.165) is 18.2 Å². The third kappa shape index (κ3) is 6.31. The van der Waals surface area contributed by atoms with Gasteiger partial charge in [-0.2, -0.15) is 10.2 Å². The zero-order chi connectivity index (χ0) is 32.6. The molecule has 0 fully saturated rings. The van der Waals surface area contributed by atoms with Crippen molar-refractivity contribution in [3.05, 3.63) is 143 Å². The van der Waals surface area contributed by atoms with Crippen molar-refractivity contribution in [2.24, 2.45) is 0 Å². The van der Waals surface area contributed by atoms with Gasteiger partial charge < -0.3 is 10.0 Å². The first kappa shape index (κ1) is 30.8. The molecule has 2 aromatic heterocycles. The van der Waals surface area contributed by atoms with Gasteiger partial charge in [0.1, 0.15) is 53.2 Å². The van der Waals surface area contributed by atoms with Gasteiger partial charge in [0.2, 0.25) is 0 Å². The molecule has 2 atom stereocenters. The van der Waals surface area contributed by atoms with Crippen LogP contribution in [0.3, 0.4) is 0 Å². The molecule has 0 aliphatic heterocycles.